The van der Waals surface area contributed by atoms with Gasteiger partial charge in [-0.05, 0) is 0 Å². The molecular weight excluding hydrogens is 294 g/mol. The summed E-state index contributed by atoms with van der Waals surface area (Å²) in [6, 6.07) is 0. The fraction of sp³-hybridized carbons (Fsp3) is 0.556. The van der Waals surface area contributed by atoms with E-state index in [1.165, 1.54) is 17.6 Å². The molecule has 0 unspecified atom stereocenters. The molecule has 10 heteroatoms. The maximum Gasteiger partial charge on any atom is 0.358 e. The molecule has 2 rings (SSSR count). The van der Waals surface area contributed by atoms with Crippen LogP contribution in [0.15, 0.2) is 9.72 Å². The lowest BCUT2D eigenvalue weighted by atomic mass is 10.5. The van der Waals surface area contributed by atoms with Crippen molar-refractivity contribution >= 4 is 27.3 Å². The second-order valence-electron chi connectivity index (χ2n) is 3.67. The van der Waals surface area contributed by atoms with E-state index in [9.17, 15) is 13.2 Å². The second-order valence-corrected chi connectivity index (χ2v) is 6.39. The van der Waals surface area contributed by atoms with Crippen LogP contribution in [0.3, 0.4) is 0 Å². The van der Waals surface area contributed by atoms with E-state index in [2.05, 4.69) is 14.6 Å². The largest absolute Gasteiger partial charge is 0.464 e. The number of hydrazine groups is 1. The fourth-order valence-corrected chi connectivity index (χ4v) is 3.77. The first-order chi connectivity index (χ1) is 9.04. The van der Waals surface area contributed by atoms with Crippen LogP contribution in [-0.2, 0) is 19.5 Å². The molecule has 2 heterocycles. The van der Waals surface area contributed by atoms with E-state index in [0.29, 0.717) is 26.3 Å². The normalized spacial score (nSPS) is 17.3. The van der Waals surface area contributed by atoms with Crippen LogP contribution in [-0.4, -0.2) is 57.8 Å². The van der Waals surface area contributed by atoms with Crippen molar-refractivity contribution in [2.24, 2.45) is 0 Å². The number of nitrogens with one attached hydrogen (secondary N) is 1. The molecule has 1 aliphatic rings. The van der Waals surface area contributed by atoms with E-state index in [1.54, 1.807) is 0 Å². The van der Waals surface area contributed by atoms with Gasteiger partial charge in [-0.1, -0.05) is 0 Å². The number of methoxy groups -OCH3 is 1. The topological polar surface area (TPSA) is 97.8 Å². The van der Waals surface area contributed by atoms with Gasteiger partial charge in [-0.15, -0.1) is 16.2 Å². The van der Waals surface area contributed by atoms with Gasteiger partial charge in [-0.3, -0.25) is 0 Å². The van der Waals surface area contributed by atoms with E-state index in [0.717, 1.165) is 11.3 Å². The summed E-state index contributed by atoms with van der Waals surface area (Å²) in [5.74, 6) is -0.774. The Labute approximate surface area is 114 Å². The Hall–Kier alpha value is -1.07. The SMILES string of the molecule is COC(=O)c1ncsc1S(=O)(=O)NN1CCOCC1. The van der Waals surface area contributed by atoms with Crippen molar-refractivity contribution in [2.75, 3.05) is 33.4 Å². The van der Waals surface area contributed by atoms with Gasteiger partial charge in [0.15, 0.2) is 9.90 Å². The van der Waals surface area contributed by atoms with Crippen LogP contribution in [0.2, 0.25) is 0 Å². The average Bonchev–Trinajstić information content (AvgIpc) is 2.88. The van der Waals surface area contributed by atoms with Gasteiger partial charge in [-0.25, -0.2) is 23.2 Å². The summed E-state index contributed by atoms with van der Waals surface area (Å²) in [5.41, 5.74) is 1.09. The molecule has 0 atom stereocenters. The molecule has 0 aromatic carbocycles. The molecular formula is C9H13N3O5S2. The first-order valence-corrected chi connectivity index (χ1v) is 7.78. The molecule has 1 saturated heterocycles. The summed E-state index contributed by atoms with van der Waals surface area (Å²) < 4.78 is 33.8. The standard InChI is InChI=1S/C9H13N3O5S2/c1-16-8(13)7-9(18-6-10-7)19(14,15)11-12-2-4-17-5-3-12/h6,11H,2-5H2,1H3. The lowest BCUT2D eigenvalue weighted by Gasteiger charge is -2.26. The van der Waals surface area contributed by atoms with Crippen molar-refractivity contribution in [3.63, 3.8) is 0 Å². The molecule has 106 valence electrons. The monoisotopic (exact) mass is 307 g/mol. The molecule has 19 heavy (non-hydrogen) atoms. The van der Waals surface area contributed by atoms with Crippen molar-refractivity contribution in [1.29, 1.82) is 0 Å². The number of carbonyl (C=O) groups excluding carboxylic acids is 1. The number of sulfonamides is 1. The van der Waals surface area contributed by atoms with Gasteiger partial charge >= 0.3 is 5.97 Å². The summed E-state index contributed by atoms with van der Waals surface area (Å²) in [6.07, 6.45) is 0. The van der Waals surface area contributed by atoms with E-state index in [1.807, 2.05) is 0 Å². The van der Waals surface area contributed by atoms with E-state index in [-0.39, 0.29) is 9.90 Å². The van der Waals surface area contributed by atoms with Gasteiger partial charge < -0.3 is 9.47 Å². The molecule has 0 spiro atoms. The Kier molecular flexibility index (Phi) is 4.47. The minimum Gasteiger partial charge on any atom is -0.464 e. The van der Waals surface area contributed by atoms with Crippen molar-refractivity contribution in [3.05, 3.63) is 11.2 Å². The molecule has 0 aliphatic carbocycles. The summed E-state index contributed by atoms with van der Waals surface area (Å²) in [4.78, 5) is 17.6. The highest BCUT2D eigenvalue weighted by Crippen LogP contribution is 2.20. The van der Waals surface area contributed by atoms with Crippen LogP contribution in [0.25, 0.3) is 0 Å². The molecule has 1 fully saturated rings. The van der Waals surface area contributed by atoms with Gasteiger partial charge in [-0.2, -0.15) is 0 Å². The highest BCUT2D eigenvalue weighted by Gasteiger charge is 2.28. The zero-order chi connectivity index (χ0) is 13.9. The third kappa shape index (κ3) is 3.28. The number of morpholine rings is 1. The lowest BCUT2D eigenvalue weighted by molar-refractivity contribution is 0.0272. The van der Waals surface area contributed by atoms with Crippen LogP contribution < -0.4 is 4.83 Å². The summed E-state index contributed by atoms with van der Waals surface area (Å²) in [7, 11) is -2.65. The molecule has 0 saturated carbocycles. The van der Waals surface area contributed by atoms with E-state index in [4.69, 9.17) is 4.74 Å². The van der Waals surface area contributed by atoms with Crippen LogP contribution >= 0.6 is 11.3 Å². The second kappa shape index (κ2) is 5.92. The Balaban J connectivity index is 2.19. The van der Waals surface area contributed by atoms with Crippen LogP contribution in [0.1, 0.15) is 10.5 Å². The highest BCUT2D eigenvalue weighted by molar-refractivity contribution is 7.91. The van der Waals surface area contributed by atoms with Crippen LogP contribution in [0.4, 0.5) is 0 Å². The summed E-state index contributed by atoms with van der Waals surface area (Å²) >= 11 is 0.868. The number of thiazole rings is 1. The highest BCUT2D eigenvalue weighted by atomic mass is 32.2. The number of rotatable bonds is 4. The molecule has 1 N–H and O–H groups in total. The van der Waals surface area contributed by atoms with Crippen molar-refractivity contribution in [1.82, 2.24) is 14.8 Å². The third-order valence-corrected chi connectivity index (χ3v) is 5.16. The number of nitrogens with zero attached hydrogens (tertiary/aromatic N) is 2. The average molecular weight is 307 g/mol. The first-order valence-electron chi connectivity index (χ1n) is 5.41. The zero-order valence-corrected chi connectivity index (χ0v) is 11.8. The Morgan fingerprint density at radius 3 is 2.84 bits per heavy atom. The zero-order valence-electron chi connectivity index (χ0n) is 10.2. The number of esters is 1. The summed E-state index contributed by atoms with van der Waals surface area (Å²) in [6.45, 7) is 1.81. The lowest BCUT2D eigenvalue weighted by Crippen LogP contribution is -2.48. The number of ether oxygens (including phenoxy) is 2. The number of hydrogen-bond acceptors (Lipinski definition) is 8. The van der Waals surface area contributed by atoms with Gasteiger partial charge in [0, 0.05) is 13.1 Å². The summed E-state index contributed by atoms with van der Waals surface area (Å²) in [5, 5.41) is 1.53. The predicted molar refractivity (Wildman–Crippen MR) is 66.2 cm³/mol. The smallest absolute Gasteiger partial charge is 0.358 e. The number of hydrogen-bond donors (Lipinski definition) is 1. The number of carbonyl (C=O) groups is 1. The number of aromatic nitrogens is 1. The fourth-order valence-electron chi connectivity index (χ4n) is 1.52. The Morgan fingerprint density at radius 2 is 2.21 bits per heavy atom. The van der Waals surface area contributed by atoms with Gasteiger partial charge in [0.1, 0.15) is 0 Å². The van der Waals surface area contributed by atoms with Gasteiger partial charge in [0.25, 0.3) is 10.0 Å². The van der Waals surface area contributed by atoms with Gasteiger partial charge in [0.05, 0.1) is 25.8 Å². The maximum atomic E-state index is 12.2. The molecule has 1 aromatic rings. The molecule has 8 nitrogen and oxygen atoms in total. The minimum absolute atomic E-state index is 0.147. The molecule has 0 bridgehead atoms. The quantitative estimate of drug-likeness (QED) is 0.746. The maximum absolute atomic E-state index is 12.2. The minimum atomic E-state index is -3.83. The van der Waals surface area contributed by atoms with Gasteiger partial charge in [0.2, 0.25) is 0 Å². The van der Waals surface area contributed by atoms with Crippen molar-refractivity contribution < 1.29 is 22.7 Å². The van der Waals surface area contributed by atoms with Crippen molar-refractivity contribution in [3.8, 4) is 0 Å². The van der Waals surface area contributed by atoms with Crippen LogP contribution in [0, 0.1) is 0 Å². The van der Waals surface area contributed by atoms with E-state index < -0.39 is 16.0 Å². The van der Waals surface area contributed by atoms with Crippen molar-refractivity contribution in [2.45, 2.75) is 4.21 Å². The third-order valence-electron chi connectivity index (χ3n) is 2.42. The molecule has 1 aromatic heterocycles. The molecule has 0 amide bonds. The first kappa shape index (κ1) is 14.3. The molecule has 0 radical (unpaired) electrons. The van der Waals surface area contributed by atoms with E-state index >= 15 is 0 Å². The predicted octanol–water partition coefficient (Wildman–Crippen LogP) is -0.545. The van der Waals surface area contributed by atoms with Crippen LogP contribution in [0.5, 0.6) is 0 Å². The Bertz CT molecular complexity index is 550. The molecule has 1 aliphatic heterocycles. The Morgan fingerprint density at radius 1 is 1.53 bits per heavy atom.